The summed E-state index contributed by atoms with van der Waals surface area (Å²) in [7, 11) is 0. The molecule has 0 fully saturated rings. The number of thiazole rings is 1. The average molecular weight is 274 g/mol. The summed E-state index contributed by atoms with van der Waals surface area (Å²) in [5.74, 6) is 6.90. The Balaban J connectivity index is 2.09. The molecule has 0 spiro atoms. The van der Waals surface area contributed by atoms with Crippen LogP contribution < -0.4 is 5.73 Å². The van der Waals surface area contributed by atoms with Crippen LogP contribution in [-0.2, 0) is 5.75 Å². The van der Waals surface area contributed by atoms with Crippen LogP contribution in [0.25, 0.3) is 0 Å². The lowest BCUT2D eigenvalue weighted by Gasteiger charge is -2.02. The van der Waals surface area contributed by atoms with E-state index in [1.165, 1.54) is 5.56 Å². The molecule has 0 bridgehead atoms. The molecule has 92 valence electrons. The van der Waals surface area contributed by atoms with E-state index in [-0.39, 0.29) is 0 Å². The third-order valence-electron chi connectivity index (χ3n) is 2.29. The predicted molar refractivity (Wildman–Crippen MR) is 78.8 cm³/mol. The summed E-state index contributed by atoms with van der Waals surface area (Å²) in [6.45, 7) is 2.41. The van der Waals surface area contributed by atoms with Gasteiger partial charge in [-0.3, -0.25) is 0 Å². The van der Waals surface area contributed by atoms with Crippen LogP contribution in [0, 0.1) is 18.8 Å². The maximum absolute atomic E-state index is 5.41. The number of rotatable bonds is 3. The molecule has 0 aliphatic heterocycles. The second-order valence-corrected chi connectivity index (χ2v) is 5.79. The van der Waals surface area contributed by atoms with Gasteiger partial charge in [0.05, 0.1) is 6.54 Å². The van der Waals surface area contributed by atoms with Crippen LogP contribution in [0.15, 0.2) is 34.0 Å². The van der Waals surface area contributed by atoms with Crippen LogP contribution in [0.3, 0.4) is 0 Å². The molecule has 2 N–H and O–H groups in total. The van der Waals surface area contributed by atoms with Gasteiger partial charge in [0.2, 0.25) is 0 Å². The molecule has 0 saturated heterocycles. The van der Waals surface area contributed by atoms with Crippen molar-refractivity contribution < 1.29 is 0 Å². The Hall–Kier alpha value is -1.28. The molecule has 1 aromatic heterocycles. The van der Waals surface area contributed by atoms with Crippen LogP contribution in [0.5, 0.6) is 0 Å². The van der Waals surface area contributed by atoms with Gasteiger partial charge >= 0.3 is 0 Å². The molecule has 0 saturated carbocycles. The number of aryl methyl sites for hydroxylation is 1. The standard InChI is InChI=1S/C14H14N2S2/c1-11-9-17-14(16-11)18-10-13-6-3-2-5-12(13)7-4-8-15/h2-3,5-6,9H,8,10,15H2,1H3. The van der Waals surface area contributed by atoms with E-state index < -0.39 is 0 Å². The van der Waals surface area contributed by atoms with Gasteiger partial charge in [0, 0.05) is 22.4 Å². The first-order valence-corrected chi connectivity index (χ1v) is 7.48. The second-order valence-electron chi connectivity index (χ2n) is 3.71. The van der Waals surface area contributed by atoms with E-state index in [1.807, 2.05) is 25.1 Å². The molecule has 1 heterocycles. The van der Waals surface area contributed by atoms with E-state index >= 15 is 0 Å². The number of nitrogens with zero attached hydrogens (tertiary/aromatic N) is 1. The van der Waals surface area contributed by atoms with E-state index in [0.29, 0.717) is 6.54 Å². The van der Waals surface area contributed by atoms with E-state index in [1.54, 1.807) is 23.1 Å². The molecular formula is C14H14N2S2. The van der Waals surface area contributed by atoms with Crippen molar-refractivity contribution in [1.29, 1.82) is 0 Å². The first kappa shape index (κ1) is 13.2. The zero-order valence-electron chi connectivity index (χ0n) is 10.1. The molecule has 2 aromatic rings. The number of aromatic nitrogens is 1. The first-order chi connectivity index (χ1) is 8.79. The Morgan fingerprint density at radius 1 is 1.39 bits per heavy atom. The molecule has 0 radical (unpaired) electrons. The predicted octanol–water partition coefficient (Wildman–Crippen LogP) is 3.05. The minimum absolute atomic E-state index is 0.396. The third kappa shape index (κ3) is 3.61. The van der Waals surface area contributed by atoms with Gasteiger partial charge in [-0.15, -0.1) is 11.3 Å². The van der Waals surface area contributed by atoms with E-state index in [4.69, 9.17) is 5.73 Å². The summed E-state index contributed by atoms with van der Waals surface area (Å²) >= 11 is 3.44. The first-order valence-electron chi connectivity index (χ1n) is 5.61. The van der Waals surface area contributed by atoms with Crippen molar-refractivity contribution in [1.82, 2.24) is 4.98 Å². The normalized spacial score (nSPS) is 9.89. The lowest BCUT2D eigenvalue weighted by Crippen LogP contribution is -1.94. The number of thioether (sulfide) groups is 1. The topological polar surface area (TPSA) is 38.9 Å². The van der Waals surface area contributed by atoms with Gasteiger partial charge in [0.25, 0.3) is 0 Å². The zero-order chi connectivity index (χ0) is 12.8. The van der Waals surface area contributed by atoms with Crippen molar-refractivity contribution in [3.05, 3.63) is 46.5 Å². The molecule has 0 aliphatic carbocycles. The van der Waals surface area contributed by atoms with Gasteiger partial charge in [-0.25, -0.2) is 4.98 Å². The summed E-state index contributed by atoms with van der Waals surface area (Å²) in [4.78, 5) is 4.44. The van der Waals surface area contributed by atoms with Gasteiger partial charge in [-0.2, -0.15) is 0 Å². The molecule has 0 aliphatic rings. The Morgan fingerprint density at radius 2 is 2.22 bits per heavy atom. The fourth-order valence-electron chi connectivity index (χ4n) is 1.45. The van der Waals surface area contributed by atoms with E-state index in [2.05, 4.69) is 28.3 Å². The second kappa shape index (κ2) is 6.60. The molecule has 0 amide bonds. The molecular weight excluding hydrogens is 260 g/mol. The highest BCUT2D eigenvalue weighted by Gasteiger charge is 2.03. The van der Waals surface area contributed by atoms with Crippen LogP contribution >= 0.6 is 23.1 Å². The van der Waals surface area contributed by atoms with Gasteiger partial charge in [0.1, 0.15) is 4.34 Å². The summed E-state index contributed by atoms with van der Waals surface area (Å²) in [5, 5.41) is 2.07. The minimum Gasteiger partial charge on any atom is -0.320 e. The largest absolute Gasteiger partial charge is 0.320 e. The van der Waals surface area contributed by atoms with Gasteiger partial charge in [-0.05, 0) is 18.6 Å². The van der Waals surface area contributed by atoms with E-state index in [9.17, 15) is 0 Å². The molecule has 0 unspecified atom stereocenters. The summed E-state index contributed by atoms with van der Waals surface area (Å²) in [6.07, 6.45) is 0. The lowest BCUT2D eigenvalue weighted by atomic mass is 10.1. The number of hydrogen-bond acceptors (Lipinski definition) is 4. The van der Waals surface area contributed by atoms with Gasteiger partial charge in [0.15, 0.2) is 0 Å². The molecule has 18 heavy (non-hydrogen) atoms. The van der Waals surface area contributed by atoms with Crippen LogP contribution in [0.4, 0.5) is 0 Å². The maximum Gasteiger partial charge on any atom is 0.150 e. The van der Waals surface area contributed by atoms with Crippen molar-refractivity contribution in [3.63, 3.8) is 0 Å². The summed E-state index contributed by atoms with van der Waals surface area (Å²) < 4.78 is 1.11. The Kier molecular flexibility index (Phi) is 4.82. The minimum atomic E-state index is 0.396. The molecule has 0 atom stereocenters. The fourth-order valence-corrected chi connectivity index (χ4v) is 3.31. The quantitative estimate of drug-likeness (QED) is 0.690. The molecule has 1 aromatic carbocycles. The van der Waals surface area contributed by atoms with Crippen molar-refractivity contribution in [3.8, 4) is 11.8 Å². The fraction of sp³-hybridized carbons (Fsp3) is 0.214. The highest BCUT2D eigenvalue weighted by molar-refractivity contribution is 8.00. The highest BCUT2D eigenvalue weighted by atomic mass is 32.2. The lowest BCUT2D eigenvalue weighted by molar-refractivity contribution is 1.16. The maximum atomic E-state index is 5.41. The number of benzene rings is 1. The monoisotopic (exact) mass is 274 g/mol. The van der Waals surface area contributed by atoms with Crippen molar-refractivity contribution in [2.45, 2.75) is 17.0 Å². The number of nitrogens with two attached hydrogens (primary N) is 1. The van der Waals surface area contributed by atoms with Crippen molar-refractivity contribution >= 4 is 23.1 Å². The van der Waals surface area contributed by atoms with Crippen LogP contribution in [0.1, 0.15) is 16.8 Å². The molecule has 4 heteroatoms. The molecule has 2 rings (SSSR count). The Labute approximate surface area is 116 Å². The van der Waals surface area contributed by atoms with E-state index in [0.717, 1.165) is 21.3 Å². The van der Waals surface area contributed by atoms with Crippen molar-refractivity contribution in [2.24, 2.45) is 5.73 Å². The van der Waals surface area contributed by atoms with Crippen molar-refractivity contribution in [2.75, 3.05) is 6.54 Å². The molecule has 2 nitrogen and oxygen atoms in total. The summed E-state index contributed by atoms with van der Waals surface area (Å²) in [6, 6.07) is 8.18. The van der Waals surface area contributed by atoms with Gasteiger partial charge < -0.3 is 5.73 Å². The Morgan fingerprint density at radius 3 is 2.94 bits per heavy atom. The highest BCUT2D eigenvalue weighted by Crippen LogP contribution is 2.26. The van der Waals surface area contributed by atoms with Gasteiger partial charge in [-0.1, -0.05) is 41.8 Å². The SMILES string of the molecule is Cc1csc(SCc2ccccc2C#CCN)n1. The Bertz CT molecular complexity index is 579. The third-order valence-corrected chi connectivity index (χ3v) is 4.48. The van der Waals surface area contributed by atoms with Crippen LogP contribution in [0.2, 0.25) is 0 Å². The zero-order valence-corrected chi connectivity index (χ0v) is 11.8. The smallest absolute Gasteiger partial charge is 0.150 e. The number of hydrogen-bond donors (Lipinski definition) is 1. The summed E-state index contributed by atoms with van der Waals surface area (Å²) in [5.41, 5.74) is 8.78. The van der Waals surface area contributed by atoms with Crippen LogP contribution in [-0.4, -0.2) is 11.5 Å². The average Bonchev–Trinajstić information content (AvgIpc) is 2.81.